The van der Waals surface area contributed by atoms with E-state index in [9.17, 15) is 18.4 Å². The highest BCUT2D eigenvalue weighted by Gasteiger charge is 2.39. The summed E-state index contributed by atoms with van der Waals surface area (Å²) in [5, 5.41) is 7.20. The van der Waals surface area contributed by atoms with Crippen LogP contribution in [-0.4, -0.2) is 51.5 Å². The van der Waals surface area contributed by atoms with E-state index in [2.05, 4.69) is 10.4 Å². The minimum Gasteiger partial charge on any atom is -0.458 e. The van der Waals surface area contributed by atoms with Crippen molar-refractivity contribution in [2.75, 3.05) is 18.5 Å². The zero-order chi connectivity index (χ0) is 27.7. The molecule has 1 N–H and O–H groups in total. The number of benzene rings is 2. The number of para-hydroxylation sites is 1. The number of nitrogens with one attached hydrogen (secondary N) is 1. The van der Waals surface area contributed by atoms with Crippen LogP contribution in [0.15, 0.2) is 66.6 Å². The zero-order valence-corrected chi connectivity index (χ0v) is 21.8. The molecule has 1 aromatic heterocycles. The number of amides is 2. The van der Waals surface area contributed by atoms with Crippen LogP contribution in [0.5, 0.6) is 5.75 Å². The summed E-state index contributed by atoms with van der Waals surface area (Å²) in [6, 6.07) is 9.74. The van der Waals surface area contributed by atoms with Gasteiger partial charge < -0.3 is 24.4 Å². The maximum absolute atomic E-state index is 14.9. The Bertz CT molecular complexity index is 1420. The minimum atomic E-state index is -1.65. The van der Waals surface area contributed by atoms with Crippen molar-refractivity contribution in [3.63, 3.8) is 0 Å². The van der Waals surface area contributed by atoms with E-state index in [1.807, 2.05) is 13.8 Å². The summed E-state index contributed by atoms with van der Waals surface area (Å²) in [5.41, 5.74) is -0.575. The van der Waals surface area contributed by atoms with Crippen LogP contribution in [0.2, 0.25) is 5.02 Å². The molecule has 0 aliphatic carbocycles. The number of anilines is 1. The van der Waals surface area contributed by atoms with Gasteiger partial charge in [0.05, 0.1) is 30.3 Å². The standard InChI is InChI=1S/C27H25ClF2N4O5/c1-27(2)37-15-17(39-27)13-33-11-10-22(32-33)31-26(36)25(24-19(29)7-5-8-20(24)30)34-14-16(12-23(34)35)38-21-9-4-3-6-18(21)28/h3-12,17,25H,13-15H2,1-2H3,(H,31,32,36)/t17-,25?/m1/s1. The van der Waals surface area contributed by atoms with Crippen molar-refractivity contribution in [2.24, 2.45) is 0 Å². The van der Waals surface area contributed by atoms with Crippen molar-refractivity contribution >= 4 is 29.2 Å². The van der Waals surface area contributed by atoms with E-state index < -0.39 is 40.8 Å². The number of halogens is 3. The van der Waals surface area contributed by atoms with Crippen LogP contribution in [0, 0.1) is 11.6 Å². The highest BCUT2D eigenvalue weighted by molar-refractivity contribution is 6.32. The molecule has 2 aromatic carbocycles. The number of carbonyl (C=O) groups is 2. The molecule has 0 bridgehead atoms. The predicted molar refractivity (Wildman–Crippen MR) is 137 cm³/mol. The predicted octanol–water partition coefficient (Wildman–Crippen LogP) is 4.45. The fourth-order valence-electron chi connectivity index (χ4n) is 4.45. The highest BCUT2D eigenvalue weighted by atomic mass is 35.5. The molecule has 12 heteroatoms. The number of rotatable bonds is 8. The van der Waals surface area contributed by atoms with Crippen molar-refractivity contribution in [3.05, 3.63) is 88.8 Å². The Kier molecular flexibility index (Phi) is 7.39. The summed E-state index contributed by atoms with van der Waals surface area (Å²) < 4.78 is 48.4. The molecule has 204 valence electrons. The summed E-state index contributed by atoms with van der Waals surface area (Å²) in [7, 11) is 0. The molecule has 2 atom stereocenters. The molecule has 0 saturated carbocycles. The molecular formula is C27H25ClF2N4O5. The highest BCUT2D eigenvalue weighted by Crippen LogP contribution is 2.33. The zero-order valence-electron chi connectivity index (χ0n) is 21.1. The number of nitrogens with zero attached hydrogens (tertiary/aromatic N) is 3. The number of aromatic nitrogens is 2. The molecule has 3 aromatic rings. The molecule has 5 rings (SSSR count). The van der Waals surface area contributed by atoms with Gasteiger partial charge >= 0.3 is 0 Å². The number of hydrogen-bond donors (Lipinski definition) is 1. The van der Waals surface area contributed by atoms with Gasteiger partial charge in [0.1, 0.15) is 35.3 Å². The van der Waals surface area contributed by atoms with Crippen LogP contribution in [0.4, 0.5) is 14.6 Å². The van der Waals surface area contributed by atoms with Crippen molar-refractivity contribution < 1.29 is 32.6 Å². The van der Waals surface area contributed by atoms with Crippen LogP contribution in [0.1, 0.15) is 25.5 Å². The molecule has 0 spiro atoms. The lowest BCUT2D eigenvalue weighted by atomic mass is 10.0. The Balaban J connectivity index is 1.36. The summed E-state index contributed by atoms with van der Waals surface area (Å²) >= 11 is 6.15. The number of hydrogen-bond acceptors (Lipinski definition) is 6. The molecule has 9 nitrogen and oxygen atoms in total. The number of ether oxygens (including phenoxy) is 3. The summed E-state index contributed by atoms with van der Waals surface area (Å²) in [4.78, 5) is 27.5. The van der Waals surface area contributed by atoms with Gasteiger partial charge in [-0.2, -0.15) is 5.10 Å². The van der Waals surface area contributed by atoms with Crippen molar-refractivity contribution in [1.29, 1.82) is 0 Å². The second-order valence-corrected chi connectivity index (χ2v) is 9.92. The SMILES string of the molecule is CC1(C)OC[C@@H](Cn2ccc(NC(=O)C(c3c(F)cccc3F)N3CC(Oc4ccccc4Cl)=CC3=O)n2)O1. The molecule has 2 amide bonds. The lowest BCUT2D eigenvalue weighted by molar-refractivity contribution is -0.139. The molecule has 1 saturated heterocycles. The first-order valence-electron chi connectivity index (χ1n) is 12.1. The van der Waals surface area contributed by atoms with Gasteiger partial charge in [-0.1, -0.05) is 29.8 Å². The van der Waals surface area contributed by atoms with Crippen LogP contribution >= 0.6 is 11.6 Å². The second kappa shape index (κ2) is 10.8. The fraction of sp³-hybridized carbons (Fsp3) is 0.296. The molecule has 2 aliphatic rings. The van der Waals surface area contributed by atoms with E-state index in [0.29, 0.717) is 23.9 Å². The van der Waals surface area contributed by atoms with Crippen LogP contribution in [-0.2, 0) is 25.6 Å². The van der Waals surface area contributed by atoms with Gasteiger partial charge in [-0.3, -0.25) is 14.3 Å². The van der Waals surface area contributed by atoms with E-state index in [4.69, 9.17) is 25.8 Å². The van der Waals surface area contributed by atoms with Gasteiger partial charge in [0.25, 0.3) is 11.8 Å². The van der Waals surface area contributed by atoms with E-state index in [0.717, 1.165) is 23.1 Å². The lowest BCUT2D eigenvalue weighted by Gasteiger charge is -2.27. The molecule has 3 heterocycles. The fourth-order valence-corrected chi connectivity index (χ4v) is 4.62. The minimum absolute atomic E-state index is 0.132. The maximum Gasteiger partial charge on any atom is 0.253 e. The summed E-state index contributed by atoms with van der Waals surface area (Å²) in [5.74, 6) is -3.58. The first-order chi connectivity index (χ1) is 18.6. The maximum atomic E-state index is 14.9. The Morgan fingerprint density at radius 1 is 1.21 bits per heavy atom. The van der Waals surface area contributed by atoms with Crippen LogP contribution in [0.25, 0.3) is 0 Å². The van der Waals surface area contributed by atoms with Gasteiger partial charge in [0.15, 0.2) is 11.6 Å². The number of carbonyl (C=O) groups excluding carboxylic acids is 2. The van der Waals surface area contributed by atoms with Gasteiger partial charge in [0, 0.05) is 18.3 Å². The Labute approximate surface area is 227 Å². The second-order valence-electron chi connectivity index (χ2n) is 9.51. The average molecular weight is 559 g/mol. The Morgan fingerprint density at radius 2 is 1.95 bits per heavy atom. The van der Waals surface area contributed by atoms with Gasteiger partial charge in [-0.25, -0.2) is 8.78 Å². The van der Waals surface area contributed by atoms with E-state index in [1.165, 1.54) is 12.1 Å². The first kappa shape index (κ1) is 26.8. The molecule has 1 unspecified atom stereocenters. The molecule has 0 radical (unpaired) electrons. The van der Waals surface area contributed by atoms with E-state index >= 15 is 0 Å². The molecule has 39 heavy (non-hydrogen) atoms. The smallest absolute Gasteiger partial charge is 0.253 e. The Hall–Kier alpha value is -3.80. The first-order valence-corrected chi connectivity index (χ1v) is 12.5. The van der Waals surface area contributed by atoms with Crippen molar-refractivity contribution in [3.8, 4) is 5.75 Å². The van der Waals surface area contributed by atoms with Crippen molar-refractivity contribution in [1.82, 2.24) is 14.7 Å². The summed E-state index contributed by atoms with van der Waals surface area (Å²) in [6.07, 6.45) is 2.54. The Morgan fingerprint density at radius 3 is 2.64 bits per heavy atom. The van der Waals surface area contributed by atoms with Crippen molar-refractivity contribution in [2.45, 2.75) is 38.3 Å². The molecule has 1 fully saturated rings. The largest absolute Gasteiger partial charge is 0.458 e. The van der Waals surface area contributed by atoms with E-state index in [1.54, 1.807) is 35.1 Å². The normalized spacial score (nSPS) is 19.2. The van der Waals surface area contributed by atoms with Crippen LogP contribution < -0.4 is 10.1 Å². The topological polar surface area (TPSA) is 94.9 Å². The molecular weight excluding hydrogens is 534 g/mol. The third-order valence-electron chi connectivity index (χ3n) is 6.15. The third-order valence-corrected chi connectivity index (χ3v) is 6.47. The average Bonchev–Trinajstić information content (AvgIpc) is 3.56. The van der Waals surface area contributed by atoms with Gasteiger partial charge in [-0.05, 0) is 38.1 Å². The lowest BCUT2D eigenvalue weighted by Crippen LogP contribution is -2.40. The summed E-state index contributed by atoms with van der Waals surface area (Å²) in [6.45, 7) is 4.14. The van der Waals surface area contributed by atoms with Gasteiger partial charge in [0.2, 0.25) is 0 Å². The quantitative estimate of drug-likeness (QED) is 0.439. The van der Waals surface area contributed by atoms with E-state index in [-0.39, 0.29) is 24.2 Å². The molecule has 2 aliphatic heterocycles. The monoisotopic (exact) mass is 558 g/mol. The van der Waals surface area contributed by atoms with Gasteiger partial charge in [-0.15, -0.1) is 0 Å². The third kappa shape index (κ3) is 5.95. The van der Waals surface area contributed by atoms with Crippen LogP contribution in [0.3, 0.4) is 0 Å².